The van der Waals surface area contributed by atoms with Crippen molar-refractivity contribution in [3.8, 4) is 0 Å². The van der Waals surface area contributed by atoms with Crippen LogP contribution in [0, 0.1) is 5.41 Å². The zero-order valence-electron chi connectivity index (χ0n) is 9.67. The van der Waals surface area contributed by atoms with Gasteiger partial charge in [-0.25, -0.2) is 0 Å². The summed E-state index contributed by atoms with van der Waals surface area (Å²) < 4.78 is 5.44. The molecule has 3 fully saturated rings. The van der Waals surface area contributed by atoms with Gasteiger partial charge in [0.05, 0.1) is 0 Å². The third-order valence-electron chi connectivity index (χ3n) is 4.51. The summed E-state index contributed by atoms with van der Waals surface area (Å²) in [5, 5.41) is 3.85. The molecule has 0 amide bonds. The summed E-state index contributed by atoms with van der Waals surface area (Å²) in [4.78, 5) is 2.43. The Labute approximate surface area is 92.2 Å². The molecule has 3 heteroatoms. The monoisotopic (exact) mass is 210 g/mol. The average molecular weight is 210 g/mol. The molecule has 2 heterocycles. The van der Waals surface area contributed by atoms with Crippen molar-refractivity contribution in [3.05, 3.63) is 0 Å². The van der Waals surface area contributed by atoms with Gasteiger partial charge < -0.3 is 15.0 Å². The number of nitrogens with zero attached hydrogens (tertiary/aromatic N) is 1. The Bertz CT molecular complexity index is 238. The number of hydrogen-bond acceptors (Lipinski definition) is 3. The normalized spacial score (nSPS) is 39.8. The Morgan fingerprint density at radius 2 is 2.13 bits per heavy atom. The highest BCUT2D eigenvalue weighted by Gasteiger charge is 2.54. The molecule has 1 N–H and O–H groups in total. The van der Waals surface area contributed by atoms with Crippen molar-refractivity contribution in [1.29, 1.82) is 0 Å². The van der Waals surface area contributed by atoms with Crippen LogP contribution in [0.3, 0.4) is 0 Å². The summed E-state index contributed by atoms with van der Waals surface area (Å²) in [5.41, 5.74) is 0.638. The fourth-order valence-corrected chi connectivity index (χ4v) is 3.27. The molecule has 2 atom stereocenters. The van der Waals surface area contributed by atoms with E-state index in [1.165, 1.54) is 38.8 Å². The third kappa shape index (κ3) is 1.93. The van der Waals surface area contributed by atoms with Crippen LogP contribution in [0.4, 0.5) is 0 Å². The number of likely N-dealkylation sites (tertiary alicyclic amines) is 1. The van der Waals surface area contributed by atoms with E-state index in [2.05, 4.69) is 17.3 Å². The van der Waals surface area contributed by atoms with Crippen molar-refractivity contribution >= 4 is 0 Å². The molecule has 1 aliphatic carbocycles. The number of hydrogen-bond donors (Lipinski definition) is 1. The molecule has 2 aliphatic heterocycles. The number of likely N-dealkylation sites (N-methyl/N-ethyl adjacent to an activating group) is 1. The van der Waals surface area contributed by atoms with Gasteiger partial charge in [0.1, 0.15) is 0 Å². The van der Waals surface area contributed by atoms with Crippen LogP contribution in [0.15, 0.2) is 0 Å². The minimum absolute atomic E-state index is 0.638. The van der Waals surface area contributed by atoms with E-state index in [0.29, 0.717) is 5.41 Å². The number of ether oxygens (including phenoxy) is 1. The first-order chi connectivity index (χ1) is 7.28. The van der Waals surface area contributed by atoms with Crippen LogP contribution >= 0.6 is 0 Å². The van der Waals surface area contributed by atoms with Crippen LogP contribution in [0.25, 0.3) is 0 Å². The lowest BCUT2D eigenvalue weighted by atomic mass is 9.96. The fraction of sp³-hybridized carbons (Fsp3) is 1.00. The van der Waals surface area contributed by atoms with Crippen molar-refractivity contribution in [2.75, 3.05) is 33.4 Å². The Hall–Kier alpha value is -0.120. The summed E-state index contributed by atoms with van der Waals surface area (Å²) in [6.45, 7) is 4.48. The standard InChI is InChI=1S/C12H22N2O/c1-14-5-2-10(9-14)13-11-8-12(11)3-6-15-7-4-12/h10-11,13H,2-9H2,1H3/t10-,11?/m1/s1. The first-order valence-corrected chi connectivity index (χ1v) is 6.31. The molecule has 0 aromatic rings. The lowest BCUT2D eigenvalue weighted by Crippen LogP contribution is -2.37. The molecule has 0 radical (unpaired) electrons. The Morgan fingerprint density at radius 3 is 2.80 bits per heavy atom. The predicted molar refractivity (Wildman–Crippen MR) is 59.9 cm³/mol. The Kier molecular flexibility index (Phi) is 2.49. The Balaban J connectivity index is 1.50. The maximum absolute atomic E-state index is 5.44. The largest absolute Gasteiger partial charge is 0.381 e. The van der Waals surface area contributed by atoms with Crippen LogP contribution in [-0.2, 0) is 4.74 Å². The molecule has 3 rings (SSSR count). The van der Waals surface area contributed by atoms with Gasteiger partial charge in [0.2, 0.25) is 0 Å². The maximum Gasteiger partial charge on any atom is 0.0471 e. The molecule has 1 spiro atoms. The predicted octanol–water partition coefficient (Wildman–Crippen LogP) is 0.849. The van der Waals surface area contributed by atoms with Gasteiger partial charge in [0, 0.05) is 31.8 Å². The van der Waals surface area contributed by atoms with Crippen molar-refractivity contribution < 1.29 is 4.74 Å². The smallest absolute Gasteiger partial charge is 0.0471 e. The Morgan fingerprint density at radius 1 is 1.33 bits per heavy atom. The summed E-state index contributed by atoms with van der Waals surface area (Å²) in [6, 6.07) is 1.56. The van der Waals surface area contributed by atoms with Crippen molar-refractivity contribution in [3.63, 3.8) is 0 Å². The zero-order chi connectivity index (χ0) is 10.3. The van der Waals surface area contributed by atoms with Crippen LogP contribution in [0.1, 0.15) is 25.7 Å². The molecular formula is C12H22N2O. The van der Waals surface area contributed by atoms with Gasteiger partial charge in [-0.2, -0.15) is 0 Å². The van der Waals surface area contributed by atoms with Crippen LogP contribution < -0.4 is 5.32 Å². The summed E-state index contributed by atoms with van der Waals surface area (Å²) in [5.74, 6) is 0. The first-order valence-electron chi connectivity index (χ1n) is 6.31. The second-order valence-electron chi connectivity index (χ2n) is 5.65. The lowest BCUT2D eigenvalue weighted by Gasteiger charge is -2.24. The summed E-state index contributed by atoms with van der Waals surface area (Å²) in [7, 11) is 2.22. The molecule has 0 aromatic heterocycles. The van der Waals surface area contributed by atoms with Crippen molar-refractivity contribution in [2.24, 2.45) is 5.41 Å². The fourth-order valence-electron chi connectivity index (χ4n) is 3.27. The minimum Gasteiger partial charge on any atom is -0.381 e. The van der Waals surface area contributed by atoms with Crippen molar-refractivity contribution in [2.45, 2.75) is 37.8 Å². The third-order valence-corrected chi connectivity index (χ3v) is 4.51. The van der Waals surface area contributed by atoms with Gasteiger partial charge in [0.25, 0.3) is 0 Å². The highest BCUT2D eigenvalue weighted by molar-refractivity contribution is 5.09. The quantitative estimate of drug-likeness (QED) is 0.731. The van der Waals surface area contributed by atoms with E-state index in [9.17, 15) is 0 Å². The second-order valence-corrected chi connectivity index (χ2v) is 5.65. The second kappa shape index (κ2) is 3.72. The topological polar surface area (TPSA) is 24.5 Å². The van der Waals surface area contributed by atoms with Gasteiger partial charge in [-0.3, -0.25) is 0 Å². The average Bonchev–Trinajstić information content (AvgIpc) is 2.70. The first kappa shape index (κ1) is 10.1. The van der Waals surface area contributed by atoms with Crippen molar-refractivity contribution in [1.82, 2.24) is 10.2 Å². The molecule has 3 aliphatic rings. The van der Waals surface area contributed by atoms with E-state index in [1.54, 1.807) is 0 Å². The molecule has 3 nitrogen and oxygen atoms in total. The number of nitrogens with one attached hydrogen (secondary N) is 1. The van der Waals surface area contributed by atoms with Gasteiger partial charge in [-0.1, -0.05) is 0 Å². The van der Waals surface area contributed by atoms with E-state index in [4.69, 9.17) is 4.74 Å². The summed E-state index contributed by atoms with van der Waals surface area (Å²) in [6.07, 6.45) is 5.30. The maximum atomic E-state index is 5.44. The van der Waals surface area contributed by atoms with Gasteiger partial charge in [0.15, 0.2) is 0 Å². The van der Waals surface area contributed by atoms with Crippen LogP contribution in [0.2, 0.25) is 0 Å². The molecule has 15 heavy (non-hydrogen) atoms. The molecule has 86 valence electrons. The van der Waals surface area contributed by atoms with E-state index in [0.717, 1.165) is 25.3 Å². The van der Waals surface area contributed by atoms with Gasteiger partial charge in [-0.15, -0.1) is 0 Å². The van der Waals surface area contributed by atoms with E-state index < -0.39 is 0 Å². The minimum atomic E-state index is 0.638. The van der Waals surface area contributed by atoms with E-state index >= 15 is 0 Å². The molecule has 0 aromatic carbocycles. The molecule has 2 saturated heterocycles. The molecule has 1 unspecified atom stereocenters. The SMILES string of the molecule is CN1CC[C@@H](NC2CC23CCOCC3)C1. The van der Waals surface area contributed by atoms with Crippen LogP contribution in [0.5, 0.6) is 0 Å². The zero-order valence-corrected chi connectivity index (χ0v) is 9.67. The molecular weight excluding hydrogens is 188 g/mol. The highest BCUT2D eigenvalue weighted by atomic mass is 16.5. The molecule has 1 saturated carbocycles. The number of rotatable bonds is 2. The van der Waals surface area contributed by atoms with Gasteiger partial charge >= 0.3 is 0 Å². The highest BCUT2D eigenvalue weighted by Crippen LogP contribution is 2.53. The van der Waals surface area contributed by atoms with Gasteiger partial charge in [-0.05, 0) is 44.7 Å². The van der Waals surface area contributed by atoms with E-state index in [-0.39, 0.29) is 0 Å². The lowest BCUT2D eigenvalue weighted by molar-refractivity contribution is 0.0538. The van der Waals surface area contributed by atoms with E-state index in [1.807, 2.05) is 0 Å². The van der Waals surface area contributed by atoms with Crippen LogP contribution in [-0.4, -0.2) is 50.3 Å². The molecule has 0 bridgehead atoms. The summed E-state index contributed by atoms with van der Waals surface area (Å²) >= 11 is 0.